The Kier molecular flexibility index (Phi) is 6.05. The molecule has 4 nitrogen and oxygen atoms in total. The number of hydrogen-bond donors (Lipinski definition) is 2. The van der Waals surface area contributed by atoms with Crippen LogP contribution >= 0.6 is 11.8 Å². The largest absolute Gasteiger partial charge is 0.376 e. The molecule has 1 heterocycles. The Morgan fingerprint density at radius 2 is 2.53 bits per heavy atom. The molecule has 1 fully saturated rings. The second kappa shape index (κ2) is 7.09. The standard InChI is InChI=1S/C10H20N2O2S/c1-15-6-4-9(11)10(13)12-7-8-3-2-5-14-8/h8-9H,2-7,11H2,1H3,(H,12,13)/t8?,9-/m0/s1. The number of nitrogens with one attached hydrogen (secondary N) is 1. The van der Waals surface area contributed by atoms with Gasteiger partial charge in [-0.15, -0.1) is 0 Å². The molecule has 0 aromatic heterocycles. The summed E-state index contributed by atoms with van der Waals surface area (Å²) in [7, 11) is 0. The summed E-state index contributed by atoms with van der Waals surface area (Å²) in [6, 6.07) is -0.376. The zero-order chi connectivity index (χ0) is 11.1. The number of rotatable bonds is 6. The van der Waals surface area contributed by atoms with E-state index in [0.29, 0.717) is 6.54 Å². The van der Waals surface area contributed by atoms with E-state index in [0.717, 1.165) is 31.6 Å². The van der Waals surface area contributed by atoms with Crippen molar-refractivity contribution in [1.29, 1.82) is 0 Å². The minimum Gasteiger partial charge on any atom is -0.376 e. The maximum Gasteiger partial charge on any atom is 0.237 e. The molecule has 0 bridgehead atoms. The van der Waals surface area contributed by atoms with Crippen LogP contribution in [0.1, 0.15) is 19.3 Å². The fraction of sp³-hybridized carbons (Fsp3) is 0.900. The van der Waals surface area contributed by atoms with Crippen molar-refractivity contribution >= 4 is 17.7 Å². The lowest BCUT2D eigenvalue weighted by atomic mass is 10.2. The van der Waals surface area contributed by atoms with Crippen LogP contribution in [-0.4, -0.2) is 43.2 Å². The monoisotopic (exact) mass is 232 g/mol. The van der Waals surface area contributed by atoms with Crippen molar-refractivity contribution in [2.24, 2.45) is 5.73 Å². The van der Waals surface area contributed by atoms with E-state index >= 15 is 0 Å². The fourth-order valence-corrected chi connectivity index (χ4v) is 2.02. The zero-order valence-corrected chi connectivity index (χ0v) is 10.0. The van der Waals surface area contributed by atoms with Crippen LogP contribution in [0.2, 0.25) is 0 Å². The summed E-state index contributed by atoms with van der Waals surface area (Å²) in [6.07, 6.45) is 5.08. The quantitative estimate of drug-likeness (QED) is 0.694. The summed E-state index contributed by atoms with van der Waals surface area (Å²) < 4.78 is 5.40. The molecule has 1 aliphatic heterocycles. The van der Waals surface area contributed by atoms with E-state index in [1.54, 1.807) is 11.8 Å². The number of ether oxygens (including phenoxy) is 1. The molecule has 0 spiro atoms. The summed E-state index contributed by atoms with van der Waals surface area (Å²) in [5, 5.41) is 2.84. The predicted octanol–water partition coefficient (Wildman–Crippen LogP) is 0.362. The van der Waals surface area contributed by atoms with Crippen molar-refractivity contribution in [3.63, 3.8) is 0 Å². The third-order valence-electron chi connectivity index (χ3n) is 2.50. The summed E-state index contributed by atoms with van der Waals surface area (Å²) in [6.45, 7) is 1.42. The van der Waals surface area contributed by atoms with Gasteiger partial charge in [0.2, 0.25) is 5.91 Å². The molecule has 1 unspecified atom stereocenters. The van der Waals surface area contributed by atoms with Crippen LogP contribution in [0.3, 0.4) is 0 Å². The highest BCUT2D eigenvalue weighted by atomic mass is 32.2. The van der Waals surface area contributed by atoms with Crippen molar-refractivity contribution in [2.75, 3.05) is 25.2 Å². The van der Waals surface area contributed by atoms with E-state index in [1.165, 1.54) is 0 Å². The molecule has 88 valence electrons. The van der Waals surface area contributed by atoms with Crippen molar-refractivity contribution in [1.82, 2.24) is 5.32 Å². The van der Waals surface area contributed by atoms with Gasteiger partial charge in [-0.05, 0) is 31.3 Å². The second-order valence-electron chi connectivity index (χ2n) is 3.77. The lowest BCUT2D eigenvalue weighted by Gasteiger charge is -2.14. The first-order valence-corrected chi connectivity index (χ1v) is 6.77. The van der Waals surface area contributed by atoms with E-state index in [1.807, 2.05) is 6.26 Å². The minimum atomic E-state index is -0.376. The van der Waals surface area contributed by atoms with Crippen molar-refractivity contribution in [3.8, 4) is 0 Å². The zero-order valence-electron chi connectivity index (χ0n) is 9.20. The van der Waals surface area contributed by atoms with Crippen LogP contribution in [0.15, 0.2) is 0 Å². The number of thioether (sulfide) groups is 1. The average Bonchev–Trinajstić information content (AvgIpc) is 2.75. The van der Waals surface area contributed by atoms with E-state index in [-0.39, 0.29) is 18.1 Å². The van der Waals surface area contributed by atoms with Gasteiger partial charge in [0, 0.05) is 13.2 Å². The Hall–Kier alpha value is -0.260. The molecular weight excluding hydrogens is 212 g/mol. The van der Waals surface area contributed by atoms with Gasteiger partial charge in [-0.2, -0.15) is 11.8 Å². The van der Waals surface area contributed by atoms with Gasteiger partial charge in [0.05, 0.1) is 12.1 Å². The number of nitrogens with two attached hydrogens (primary N) is 1. The first kappa shape index (κ1) is 12.8. The van der Waals surface area contributed by atoms with Gasteiger partial charge in [0.25, 0.3) is 0 Å². The van der Waals surface area contributed by atoms with E-state index in [2.05, 4.69) is 5.32 Å². The molecule has 1 saturated heterocycles. The summed E-state index contributed by atoms with van der Waals surface area (Å²) in [5.74, 6) is 0.869. The molecule has 1 amide bonds. The van der Waals surface area contributed by atoms with Crippen molar-refractivity contribution in [3.05, 3.63) is 0 Å². The highest BCUT2D eigenvalue weighted by Crippen LogP contribution is 2.10. The van der Waals surface area contributed by atoms with Gasteiger partial charge in [0.15, 0.2) is 0 Å². The lowest BCUT2D eigenvalue weighted by molar-refractivity contribution is -0.122. The predicted molar refractivity (Wildman–Crippen MR) is 63.0 cm³/mol. The molecule has 5 heteroatoms. The normalized spacial score (nSPS) is 22.7. The van der Waals surface area contributed by atoms with Crippen LogP contribution in [0.5, 0.6) is 0 Å². The van der Waals surface area contributed by atoms with Gasteiger partial charge in [0.1, 0.15) is 0 Å². The Morgan fingerprint density at radius 1 is 1.73 bits per heavy atom. The highest BCUT2D eigenvalue weighted by Gasteiger charge is 2.18. The Balaban J connectivity index is 2.11. The molecular formula is C10H20N2O2S. The summed E-state index contributed by atoms with van der Waals surface area (Å²) >= 11 is 1.71. The minimum absolute atomic E-state index is 0.0560. The van der Waals surface area contributed by atoms with Crippen molar-refractivity contribution < 1.29 is 9.53 Å². The lowest BCUT2D eigenvalue weighted by Crippen LogP contribution is -2.43. The molecule has 3 N–H and O–H groups in total. The molecule has 1 rings (SSSR count). The first-order chi connectivity index (χ1) is 7.24. The Labute approximate surface area is 95.3 Å². The second-order valence-corrected chi connectivity index (χ2v) is 4.75. The van der Waals surface area contributed by atoms with Gasteiger partial charge in [-0.1, -0.05) is 0 Å². The van der Waals surface area contributed by atoms with Crippen LogP contribution in [0.25, 0.3) is 0 Å². The molecule has 2 atom stereocenters. The van der Waals surface area contributed by atoms with E-state index < -0.39 is 0 Å². The maximum absolute atomic E-state index is 11.5. The molecule has 0 aromatic rings. The topological polar surface area (TPSA) is 64.4 Å². The molecule has 15 heavy (non-hydrogen) atoms. The maximum atomic E-state index is 11.5. The fourth-order valence-electron chi connectivity index (χ4n) is 1.53. The molecule has 0 aliphatic carbocycles. The Morgan fingerprint density at radius 3 is 3.13 bits per heavy atom. The summed E-state index contributed by atoms with van der Waals surface area (Å²) in [4.78, 5) is 11.5. The van der Waals surface area contributed by atoms with Gasteiger partial charge in [-0.3, -0.25) is 4.79 Å². The average molecular weight is 232 g/mol. The van der Waals surface area contributed by atoms with Crippen molar-refractivity contribution in [2.45, 2.75) is 31.4 Å². The number of amides is 1. The Bertz CT molecular complexity index is 196. The highest BCUT2D eigenvalue weighted by molar-refractivity contribution is 7.98. The third-order valence-corrected chi connectivity index (χ3v) is 3.14. The van der Waals surface area contributed by atoms with Crippen LogP contribution in [0.4, 0.5) is 0 Å². The van der Waals surface area contributed by atoms with Crippen LogP contribution in [-0.2, 0) is 9.53 Å². The van der Waals surface area contributed by atoms with E-state index in [4.69, 9.17) is 10.5 Å². The number of carbonyl (C=O) groups excluding carboxylic acids is 1. The third kappa shape index (κ3) is 4.86. The molecule has 0 radical (unpaired) electrons. The molecule has 0 saturated carbocycles. The van der Waals surface area contributed by atoms with E-state index in [9.17, 15) is 4.79 Å². The summed E-state index contributed by atoms with van der Waals surface area (Å²) in [5.41, 5.74) is 5.72. The number of carbonyl (C=O) groups is 1. The molecule has 1 aliphatic rings. The smallest absolute Gasteiger partial charge is 0.237 e. The van der Waals surface area contributed by atoms with Gasteiger partial charge < -0.3 is 15.8 Å². The van der Waals surface area contributed by atoms with Crippen LogP contribution in [0, 0.1) is 0 Å². The number of hydrogen-bond acceptors (Lipinski definition) is 4. The van der Waals surface area contributed by atoms with Gasteiger partial charge in [-0.25, -0.2) is 0 Å². The SMILES string of the molecule is CSCC[C@H](N)C(=O)NCC1CCCO1. The first-order valence-electron chi connectivity index (χ1n) is 5.38. The van der Waals surface area contributed by atoms with Gasteiger partial charge >= 0.3 is 0 Å². The molecule has 0 aromatic carbocycles. The van der Waals surface area contributed by atoms with Crippen LogP contribution < -0.4 is 11.1 Å².